The number of hydrogen-bond donors (Lipinski definition) is 1. The Morgan fingerprint density at radius 2 is 2.19 bits per heavy atom. The fraction of sp³-hybridized carbons (Fsp3) is 0.714. The summed E-state index contributed by atoms with van der Waals surface area (Å²) in [4.78, 5) is 12.3. The Labute approximate surface area is 126 Å². The number of nitrogens with zero attached hydrogens (tertiary/aromatic N) is 4. The van der Waals surface area contributed by atoms with Gasteiger partial charge in [-0.2, -0.15) is 9.61 Å². The molecule has 2 aromatic rings. The lowest BCUT2D eigenvalue weighted by Crippen LogP contribution is -2.17. The van der Waals surface area contributed by atoms with Crippen molar-refractivity contribution in [2.75, 3.05) is 0 Å². The molecule has 6 nitrogen and oxygen atoms in total. The van der Waals surface area contributed by atoms with E-state index in [1.54, 1.807) is 0 Å². The van der Waals surface area contributed by atoms with Gasteiger partial charge in [0.25, 0.3) is 0 Å². The van der Waals surface area contributed by atoms with Gasteiger partial charge >= 0.3 is 5.97 Å². The van der Waals surface area contributed by atoms with Crippen LogP contribution in [0.2, 0.25) is 0 Å². The average molecular weight is 306 g/mol. The predicted molar refractivity (Wildman–Crippen MR) is 77.5 cm³/mol. The molecule has 0 spiro atoms. The molecule has 112 valence electrons. The Balaban J connectivity index is 1.69. The minimum Gasteiger partial charge on any atom is -0.481 e. The summed E-state index contributed by atoms with van der Waals surface area (Å²) in [7, 11) is 0. The Bertz CT molecular complexity index is 690. The van der Waals surface area contributed by atoms with Gasteiger partial charge in [-0.15, -0.1) is 10.2 Å². The molecule has 0 aromatic carbocycles. The highest BCUT2D eigenvalue weighted by atomic mass is 32.1. The first-order chi connectivity index (χ1) is 10.2. The standard InChI is InChI=1S/C14H18N4O2S/c1-2-7-5-9(10(6-7)13(19)20)12-17-18-11(8-3-4-8)15-16-14(18)21-12/h7-10H,2-6H2,1H3,(H,19,20). The van der Waals surface area contributed by atoms with Gasteiger partial charge < -0.3 is 5.11 Å². The van der Waals surface area contributed by atoms with E-state index in [-0.39, 0.29) is 11.8 Å². The Hall–Kier alpha value is -1.50. The number of carboxylic acids is 1. The first kappa shape index (κ1) is 13.2. The molecule has 2 aliphatic carbocycles. The smallest absolute Gasteiger partial charge is 0.307 e. The Morgan fingerprint density at radius 3 is 2.86 bits per heavy atom. The van der Waals surface area contributed by atoms with Gasteiger partial charge in [-0.1, -0.05) is 24.7 Å². The molecule has 2 saturated carbocycles. The van der Waals surface area contributed by atoms with E-state index < -0.39 is 5.97 Å². The largest absolute Gasteiger partial charge is 0.481 e. The average Bonchev–Trinajstić information content (AvgIpc) is 2.92. The molecule has 0 saturated heterocycles. The highest BCUT2D eigenvalue weighted by Gasteiger charge is 2.41. The van der Waals surface area contributed by atoms with Crippen molar-refractivity contribution < 1.29 is 9.90 Å². The molecule has 0 bridgehead atoms. The summed E-state index contributed by atoms with van der Waals surface area (Å²) in [5.41, 5.74) is 0. The monoisotopic (exact) mass is 306 g/mol. The number of aliphatic carboxylic acids is 1. The van der Waals surface area contributed by atoms with E-state index in [1.165, 1.54) is 11.3 Å². The summed E-state index contributed by atoms with van der Waals surface area (Å²) in [5.74, 6) is 0.980. The van der Waals surface area contributed by atoms with Gasteiger partial charge in [0, 0.05) is 11.8 Å². The van der Waals surface area contributed by atoms with Gasteiger partial charge in [0.1, 0.15) is 5.01 Å². The summed E-state index contributed by atoms with van der Waals surface area (Å²) < 4.78 is 1.84. The number of hydrogen-bond acceptors (Lipinski definition) is 5. The molecule has 21 heavy (non-hydrogen) atoms. The van der Waals surface area contributed by atoms with Crippen LogP contribution in [0.4, 0.5) is 0 Å². The highest BCUT2D eigenvalue weighted by Crippen LogP contribution is 2.46. The third-order valence-electron chi connectivity index (χ3n) is 4.85. The van der Waals surface area contributed by atoms with Crippen molar-refractivity contribution in [1.29, 1.82) is 0 Å². The third kappa shape index (κ3) is 2.14. The Kier molecular flexibility index (Phi) is 2.99. The van der Waals surface area contributed by atoms with Crippen molar-refractivity contribution in [2.45, 2.75) is 50.9 Å². The third-order valence-corrected chi connectivity index (χ3v) is 5.88. The zero-order chi connectivity index (χ0) is 14.6. The van der Waals surface area contributed by atoms with Crippen LogP contribution in [0.1, 0.15) is 61.7 Å². The van der Waals surface area contributed by atoms with Crippen LogP contribution in [0.5, 0.6) is 0 Å². The molecule has 1 N–H and O–H groups in total. The SMILES string of the molecule is CCC1CC(C(=O)O)C(c2nn3c(C4CC4)nnc3s2)C1. The number of carboxylic acid groups (broad SMARTS) is 1. The fourth-order valence-corrected chi connectivity index (χ4v) is 4.44. The topological polar surface area (TPSA) is 80.4 Å². The molecule has 4 rings (SSSR count). The lowest BCUT2D eigenvalue weighted by Gasteiger charge is -2.11. The predicted octanol–water partition coefficient (Wildman–Crippen LogP) is 2.67. The number of fused-ring (bicyclic) bond motifs is 1. The van der Waals surface area contributed by atoms with E-state index >= 15 is 0 Å². The molecule has 0 aliphatic heterocycles. The van der Waals surface area contributed by atoms with Crippen molar-refractivity contribution in [1.82, 2.24) is 19.8 Å². The summed E-state index contributed by atoms with van der Waals surface area (Å²) in [5, 5.41) is 23.5. The molecule has 2 aliphatic rings. The van der Waals surface area contributed by atoms with Gasteiger partial charge in [0.05, 0.1) is 5.92 Å². The summed E-state index contributed by atoms with van der Waals surface area (Å²) in [6.45, 7) is 2.13. The fourth-order valence-electron chi connectivity index (χ4n) is 3.41. The quantitative estimate of drug-likeness (QED) is 0.939. The second kappa shape index (κ2) is 4.76. The molecule has 0 radical (unpaired) electrons. The van der Waals surface area contributed by atoms with Gasteiger partial charge in [0.15, 0.2) is 5.82 Å². The van der Waals surface area contributed by atoms with E-state index in [4.69, 9.17) is 0 Å². The van der Waals surface area contributed by atoms with Gasteiger partial charge in [-0.25, -0.2) is 0 Å². The maximum atomic E-state index is 11.5. The van der Waals surface area contributed by atoms with Gasteiger partial charge in [0.2, 0.25) is 4.96 Å². The molecule has 2 heterocycles. The van der Waals surface area contributed by atoms with Crippen molar-refractivity contribution in [3.05, 3.63) is 10.8 Å². The second-order valence-corrected chi connectivity index (χ2v) is 7.25. The zero-order valence-corrected chi connectivity index (χ0v) is 12.7. The summed E-state index contributed by atoms with van der Waals surface area (Å²) in [6, 6.07) is 0. The van der Waals surface area contributed by atoms with Crippen molar-refractivity contribution in [3.63, 3.8) is 0 Å². The lowest BCUT2D eigenvalue weighted by atomic mass is 9.97. The minimum atomic E-state index is -0.690. The number of carbonyl (C=O) groups is 1. The van der Waals surface area contributed by atoms with Crippen LogP contribution in [0.25, 0.3) is 4.96 Å². The maximum Gasteiger partial charge on any atom is 0.307 e. The van der Waals surface area contributed by atoms with Crippen molar-refractivity contribution in [2.24, 2.45) is 11.8 Å². The van der Waals surface area contributed by atoms with Crippen LogP contribution >= 0.6 is 11.3 Å². The molecule has 2 aromatic heterocycles. The molecule has 2 fully saturated rings. The van der Waals surface area contributed by atoms with Crippen LogP contribution in [0.3, 0.4) is 0 Å². The van der Waals surface area contributed by atoms with E-state index in [1.807, 2.05) is 4.52 Å². The zero-order valence-electron chi connectivity index (χ0n) is 11.9. The summed E-state index contributed by atoms with van der Waals surface area (Å²) >= 11 is 1.51. The normalized spacial score (nSPS) is 29.3. The van der Waals surface area contributed by atoms with E-state index in [2.05, 4.69) is 22.2 Å². The van der Waals surface area contributed by atoms with Crippen LogP contribution in [0.15, 0.2) is 0 Å². The molecule has 3 atom stereocenters. The molecule has 7 heteroatoms. The van der Waals surface area contributed by atoms with Crippen molar-refractivity contribution >= 4 is 22.3 Å². The minimum absolute atomic E-state index is 0.0335. The van der Waals surface area contributed by atoms with Gasteiger partial charge in [-0.05, 0) is 31.6 Å². The second-order valence-electron chi connectivity index (χ2n) is 6.26. The molecular weight excluding hydrogens is 288 g/mol. The summed E-state index contributed by atoms with van der Waals surface area (Å²) in [6.07, 6.45) is 5.06. The van der Waals surface area contributed by atoms with Crippen LogP contribution in [-0.2, 0) is 4.79 Å². The van der Waals surface area contributed by atoms with Crippen LogP contribution in [-0.4, -0.2) is 30.9 Å². The maximum absolute atomic E-state index is 11.5. The van der Waals surface area contributed by atoms with E-state index in [0.29, 0.717) is 11.8 Å². The Morgan fingerprint density at radius 1 is 1.38 bits per heavy atom. The van der Waals surface area contributed by atoms with Gasteiger partial charge in [-0.3, -0.25) is 4.79 Å². The molecule has 3 unspecified atom stereocenters. The van der Waals surface area contributed by atoms with Crippen LogP contribution in [0, 0.1) is 11.8 Å². The first-order valence-electron chi connectivity index (χ1n) is 7.62. The highest BCUT2D eigenvalue weighted by molar-refractivity contribution is 7.16. The number of rotatable bonds is 4. The number of aromatic nitrogens is 4. The molecule has 0 amide bonds. The van der Waals surface area contributed by atoms with E-state index in [9.17, 15) is 9.90 Å². The molecular formula is C14H18N4O2S. The first-order valence-corrected chi connectivity index (χ1v) is 8.43. The lowest BCUT2D eigenvalue weighted by molar-refractivity contribution is -0.142. The van der Waals surface area contributed by atoms with Crippen LogP contribution < -0.4 is 0 Å². The van der Waals surface area contributed by atoms with E-state index in [0.717, 1.165) is 47.9 Å². The van der Waals surface area contributed by atoms with Crippen molar-refractivity contribution in [3.8, 4) is 0 Å².